The number of fused-ring (bicyclic) bond motifs is 1. The highest BCUT2D eigenvalue weighted by atomic mass is 19.1. The number of rotatable bonds is 3. The van der Waals surface area contributed by atoms with Crippen LogP contribution in [0.4, 0.5) is 10.1 Å². The SMILES string of the molecule is CO[C@H]1CN(C)C(=O)c2cc(NC(=O)c3ccccc3F)ccc2OC[C@@H](C)N(C(C)=O)C[C@H]1C. The van der Waals surface area contributed by atoms with Crippen LogP contribution in [0.2, 0.25) is 0 Å². The molecule has 0 saturated heterocycles. The highest BCUT2D eigenvalue weighted by molar-refractivity contribution is 6.05. The van der Waals surface area contributed by atoms with Crippen molar-refractivity contribution in [2.75, 3.05) is 39.2 Å². The quantitative estimate of drug-likeness (QED) is 0.720. The number of hydrogen-bond acceptors (Lipinski definition) is 5. The number of methoxy groups -OCH3 is 1. The number of benzene rings is 2. The molecule has 0 bridgehead atoms. The molecular formula is C26H32FN3O5. The van der Waals surface area contributed by atoms with Gasteiger partial charge in [0.05, 0.1) is 23.3 Å². The molecule has 8 nitrogen and oxygen atoms in total. The second kappa shape index (κ2) is 11.3. The van der Waals surface area contributed by atoms with Crippen molar-refractivity contribution < 1.29 is 28.2 Å². The Morgan fingerprint density at radius 2 is 1.86 bits per heavy atom. The van der Waals surface area contributed by atoms with Gasteiger partial charge in [-0.05, 0) is 37.3 Å². The van der Waals surface area contributed by atoms with Crippen LogP contribution < -0.4 is 10.1 Å². The summed E-state index contributed by atoms with van der Waals surface area (Å²) in [5, 5.41) is 2.65. The van der Waals surface area contributed by atoms with E-state index in [1.165, 1.54) is 36.1 Å². The maximum atomic E-state index is 14.0. The monoisotopic (exact) mass is 485 g/mol. The summed E-state index contributed by atoms with van der Waals surface area (Å²) in [4.78, 5) is 41.6. The third kappa shape index (κ3) is 6.16. The number of amides is 3. The second-order valence-electron chi connectivity index (χ2n) is 8.91. The van der Waals surface area contributed by atoms with E-state index >= 15 is 0 Å². The molecule has 0 radical (unpaired) electrons. The summed E-state index contributed by atoms with van der Waals surface area (Å²) in [6, 6.07) is 10.1. The van der Waals surface area contributed by atoms with Crippen molar-refractivity contribution in [3.8, 4) is 5.75 Å². The van der Waals surface area contributed by atoms with Gasteiger partial charge in [0.2, 0.25) is 5.91 Å². The maximum absolute atomic E-state index is 14.0. The Bertz CT molecular complexity index is 1090. The van der Waals surface area contributed by atoms with E-state index in [0.29, 0.717) is 24.5 Å². The minimum atomic E-state index is -0.640. The first kappa shape index (κ1) is 26.2. The van der Waals surface area contributed by atoms with Crippen LogP contribution in [0.5, 0.6) is 5.75 Å². The number of carbonyl (C=O) groups is 3. The Hall–Kier alpha value is -3.46. The molecule has 1 aliphatic heterocycles. The molecule has 1 aliphatic rings. The predicted molar refractivity (Wildman–Crippen MR) is 130 cm³/mol. The molecule has 0 spiro atoms. The molecule has 35 heavy (non-hydrogen) atoms. The fraction of sp³-hybridized carbons (Fsp3) is 0.423. The number of nitrogens with one attached hydrogen (secondary N) is 1. The third-order valence-electron chi connectivity index (χ3n) is 6.23. The smallest absolute Gasteiger partial charge is 0.258 e. The first-order valence-electron chi connectivity index (χ1n) is 11.5. The molecule has 3 atom stereocenters. The Labute approximate surface area is 205 Å². The molecule has 9 heteroatoms. The van der Waals surface area contributed by atoms with Crippen molar-refractivity contribution in [3.63, 3.8) is 0 Å². The lowest BCUT2D eigenvalue weighted by molar-refractivity contribution is -0.133. The topological polar surface area (TPSA) is 88.2 Å². The van der Waals surface area contributed by atoms with Gasteiger partial charge in [0.1, 0.15) is 18.2 Å². The van der Waals surface area contributed by atoms with Gasteiger partial charge in [-0.25, -0.2) is 4.39 Å². The molecule has 0 saturated carbocycles. The van der Waals surface area contributed by atoms with E-state index in [-0.39, 0.29) is 47.6 Å². The van der Waals surface area contributed by atoms with Crippen LogP contribution in [0.15, 0.2) is 42.5 Å². The first-order valence-corrected chi connectivity index (χ1v) is 11.5. The summed E-state index contributed by atoms with van der Waals surface area (Å²) in [6.07, 6.45) is -0.300. The van der Waals surface area contributed by atoms with Crippen LogP contribution in [-0.2, 0) is 9.53 Å². The fourth-order valence-electron chi connectivity index (χ4n) is 4.14. The van der Waals surface area contributed by atoms with Gasteiger partial charge in [-0.2, -0.15) is 0 Å². The zero-order valence-electron chi connectivity index (χ0n) is 20.7. The van der Waals surface area contributed by atoms with Crippen molar-refractivity contribution in [2.45, 2.75) is 32.9 Å². The summed E-state index contributed by atoms with van der Waals surface area (Å²) >= 11 is 0. The first-order chi connectivity index (χ1) is 16.6. The number of anilines is 1. The predicted octanol–water partition coefficient (Wildman–Crippen LogP) is 3.43. The van der Waals surface area contributed by atoms with Gasteiger partial charge < -0.3 is 24.6 Å². The lowest BCUT2D eigenvalue weighted by atomic mass is 10.0. The zero-order valence-corrected chi connectivity index (χ0v) is 20.7. The Balaban J connectivity index is 1.95. The second-order valence-corrected chi connectivity index (χ2v) is 8.91. The number of halogens is 1. The standard InChI is InChI=1S/C26H32FN3O5/c1-16-13-30(18(3)31)17(2)15-35-23-11-10-19(28-25(32)20-8-6-7-9-22(20)27)12-21(23)26(33)29(4)14-24(16)34-5/h6-12,16-17,24H,13-15H2,1-5H3,(H,28,32)/t16-,17-,24+/m1/s1. The van der Waals surface area contributed by atoms with Gasteiger partial charge in [0, 0.05) is 45.8 Å². The van der Waals surface area contributed by atoms with Crippen LogP contribution in [0.25, 0.3) is 0 Å². The molecule has 2 aromatic rings. The van der Waals surface area contributed by atoms with Crippen LogP contribution in [0.1, 0.15) is 41.5 Å². The number of carbonyl (C=O) groups excluding carboxylic acids is 3. The minimum absolute atomic E-state index is 0.0353. The summed E-state index contributed by atoms with van der Waals surface area (Å²) in [5.74, 6) is -1.37. The van der Waals surface area contributed by atoms with Crippen LogP contribution in [0.3, 0.4) is 0 Å². The molecular weight excluding hydrogens is 453 g/mol. The summed E-state index contributed by atoms with van der Waals surface area (Å²) < 4.78 is 25.7. The highest BCUT2D eigenvalue weighted by Gasteiger charge is 2.29. The third-order valence-corrected chi connectivity index (χ3v) is 6.23. The molecule has 1 heterocycles. The minimum Gasteiger partial charge on any atom is -0.491 e. The Morgan fingerprint density at radius 3 is 2.51 bits per heavy atom. The van der Waals surface area contributed by atoms with E-state index < -0.39 is 11.7 Å². The Kier molecular flexibility index (Phi) is 8.45. The van der Waals surface area contributed by atoms with Crippen molar-refractivity contribution >= 4 is 23.4 Å². The molecule has 0 aliphatic carbocycles. The molecule has 1 N–H and O–H groups in total. The van der Waals surface area contributed by atoms with E-state index in [0.717, 1.165) is 0 Å². The van der Waals surface area contributed by atoms with E-state index in [2.05, 4.69) is 5.32 Å². The fourth-order valence-corrected chi connectivity index (χ4v) is 4.14. The highest BCUT2D eigenvalue weighted by Crippen LogP contribution is 2.27. The van der Waals surface area contributed by atoms with Gasteiger partial charge in [-0.1, -0.05) is 19.1 Å². The molecule has 188 valence electrons. The van der Waals surface area contributed by atoms with E-state index in [1.54, 1.807) is 37.3 Å². The van der Waals surface area contributed by atoms with Gasteiger partial charge in [0.15, 0.2) is 0 Å². The molecule has 3 amide bonds. The zero-order chi connectivity index (χ0) is 25.7. The number of hydrogen-bond donors (Lipinski definition) is 1. The normalized spacial score (nSPS) is 21.3. The molecule has 3 rings (SSSR count). The molecule has 2 aromatic carbocycles. The van der Waals surface area contributed by atoms with Gasteiger partial charge in [0.25, 0.3) is 11.8 Å². The van der Waals surface area contributed by atoms with Crippen LogP contribution in [0, 0.1) is 11.7 Å². The average molecular weight is 486 g/mol. The lowest BCUT2D eigenvalue weighted by Gasteiger charge is -2.35. The summed E-state index contributed by atoms with van der Waals surface area (Å²) in [6.45, 7) is 6.32. The van der Waals surface area contributed by atoms with Gasteiger partial charge in [-0.15, -0.1) is 0 Å². The molecule has 0 aromatic heterocycles. The van der Waals surface area contributed by atoms with E-state index in [9.17, 15) is 18.8 Å². The average Bonchev–Trinajstić information content (AvgIpc) is 2.83. The number of ether oxygens (including phenoxy) is 2. The largest absolute Gasteiger partial charge is 0.491 e. The summed E-state index contributed by atoms with van der Waals surface area (Å²) in [7, 11) is 3.24. The van der Waals surface area contributed by atoms with Crippen molar-refractivity contribution in [1.82, 2.24) is 9.80 Å². The number of likely N-dealkylation sites (N-methyl/N-ethyl adjacent to an activating group) is 1. The van der Waals surface area contributed by atoms with Gasteiger partial charge in [-0.3, -0.25) is 14.4 Å². The van der Waals surface area contributed by atoms with Crippen LogP contribution in [-0.4, -0.2) is 73.5 Å². The molecule has 0 unspecified atom stereocenters. The molecule has 0 fully saturated rings. The van der Waals surface area contributed by atoms with E-state index in [4.69, 9.17) is 9.47 Å². The maximum Gasteiger partial charge on any atom is 0.258 e. The van der Waals surface area contributed by atoms with Crippen molar-refractivity contribution in [2.24, 2.45) is 5.92 Å². The van der Waals surface area contributed by atoms with Gasteiger partial charge >= 0.3 is 0 Å². The van der Waals surface area contributed by atoms with Crippen LogP contribution >= 0.6 is 0 Å². The van der Waals surface area contributed by atoms with Crippen molar-refractivity contribution in [1.29, 1.82) is 0 Å². The number of nitrogens with zero attached hydrogens (tertiary/aromatic N) is 2. The summed E-state index contributed by atoms with van der Waals surface area (Å²) in [5.41, 5.74) is 0.461. The van der Waals surface area contributed by atoms with Crippen molar-refractivity contribution in [3.05, 3.63) is 59.4 Å². The Morgan fingerprint density at radius 1 is 1.14 bits per heavy atom. The lowest BCUT2D eigenvalue weighted by Crippen LogP contribution is -2.48. The van der Waals surface area contributed by atoms with E-state index in [1.807, 2.05) is 13.8 Å².